The van der Waals surface area contributed by atoms with Crippen LogP contribution in [0.3, 0.4) is 0 Å². The number of ether oxygens (including phenoxy) is 1. The minimum absolute atomic E-state index is 0.0992. The number of hydrogen-bond donors (Lipinski definition) is 2. The molecule has 0 aromatic heterocycles. The molecule has 0 bridgehead atoms. The van der Waals surface area contributed by atoms with Crippen molar-refractivity contribution in [3.63, 3.8) is 0 Å². The van der Waals surface area contributed by atoms with Crippen molar-refractivity contribution in [1.29, 1.82) is 0 Å². The Morgan fingerprint density at radius 1 is 1.62 bits per heavy atom. The lowest BCUT2D eigenvalue weighted by Gasteiger charge is -2.03. The molecular weight excluding hydrogens is 194 g/mol. The molecule has 0 spiro atoms. The number of carbonyl (C=O) groups is 1. The van der Waals surface area contributed by atoms with E-state index in [1.54, 1.807) is 0 Å². The van der Waals surface area contributed by atoms with Crippen LogP contribution < -0.4 is 4.84 Å². The lowest BCUT2D eigenvalue weighted by Crippen LogP contribution is -2.00. The number of hydrogen-bond acceptors (Lipinski definition) is 4. The second-order valence-corrected chi connectivity index (χ2v) is 2.51. The smallest absolute Gasteiger partial charge is 0.337 e. The second-order valence-electron chi connectivity index (χ2n) is 2.32. The van der Waals surface area contributed by atoms with Gasteiger partial charge in [0.05, 0.1) is 18.4 Å². The first-order valence-electron chi connectivity index (χ1n) is 3.47. The maximum atomic E-state index is 11.0. The third-order valence-electron chi connectivity index (χ3n) is 1.52. The number of benzene rings is 1. The molecule has 13 heavy (non-hydrogen) atoms. The minimum Gasteiger partial charge on any atom is -0.506 e. The maximum absolute atomic E-state index is 11.0. The van der Waals surface area contributed by atoms with Gasteiger partial charge < -0.3 is 9.84 Å². The van der Waals surface area contributed by atoms with Crippen molar-refractivity contribution >= 4 is 23.4 Å². The number of nitrogens with one attached hydrogen (secondary N) is 1. The van der Waals surface area contributed by atoms with Gasteiger partial charge in [-0.05, 0) is 18.2 Å². The minimum atomic E-state index is -0.503. The molecule has 1 rings (SSSR count). The molecule has 0 saturated heterocycles. The van der Waals surface area contributed by atoms with Crippen LogP contribution in [-0.4, -0.2) is 18.2 Å². The number of aromatic hydroxyl groups is 1. The molecule has 1 aromatic rings. The maximum Gasteiger partial charge on any atom is 0.337 e. The quantitative estimate of drug-likeness (QED) is 0.435. The zero-order valence-electron chi connectivity index (χ0n) is 6.87. The largest absolute Gasteiger partial charge is 0.506 e. The standard InChI is InChI=1S/C8H8ClNO3/c1-13-8(12)5-2-3-6(10-9)7(11)4-5/h2-4,10-11H,1H3. The van der Waals surface area contributed by atoms with Crippen LogP contribution in [0, 0.1) is 0 Å². The van der Waals surface area contributed by atoms with Crippen LogP contribution in [0.1, 0.15) is 10.4 Å². The lowest BCUT2D eigenvalue weighted by atomic mass is 10.2. The van der Waals surface area contributed by atoms with Crippen molar-refractivity contribution in [2.75, 3.05) is 11.9 Å². The van der Waals surface area contributed by atoms with Gasteiger partial charge in [-0.15, -0.1) is 0 Å². The first-order chi connectivity index (χ1) is 6.19. The third kappa shape index (κ3) is 2.03. The molecule has 4 nitrogen and oxygen atoms in total. The number of halogens is 1. The Hall–Kier alpha value is -1.42. The van der Waals surface area contributed by atoms with Gasteiger partial charge >= 0.3 is 5.97 Å². The van der Waals surface area contributed by atoms with Crippen molar-refractivity contribution in [2.45, 2.75) is 0 Å². The Bertz CT molecular complexity index is 327. The van der Waals surface area contributed by atoms with E-state index in [4.69, 9.17) is 11.8 Å². The molecule has 0 fully saturated rings. The van der Waals surface area contributed by atoms with Crippen molar-refractivity contribution in [3.05, 3.63) is 23.8 Å². The fraction of sp³-hybridized carbons (Fsp3) is 0.125. The number of phenolic OH excluding ortho intramolecular Hbond substituents is 1. The summed E-state index contributed by atoms with van der Waals surface area (Å²) < 4.78 is 4.46. The fourth-order valence-corrected chi connectivity index (χ4v) is 1.02. The molecule has 0 saturated carbocycles. The number of methoxy groups -OCH3 is 1. The Morgan fingerprint density at radius 2 is 2.31 bits per heavy atom. The molecule has 0 heterocycles. The highest BCUT2D eigenvalue weighted by Gasteiger charge is 2.08. The van der Waals surface area contributed by atoms with E-state index in [2.05, 4.69) is 9.57 Å². The first-order valence-corrected chi connectivity index (χ1v) is 3.85. The summed E-state index contributed by atoms with van der Waals surface area (Å²) in [7, 11) is 1.27. The Morgan fingerprint density at radius 3 is 2.77 bits per heavy atom. The molecule has 0 unspecified atom stereocenters. The zero-order valence-corrected chi connectivity index (χ0v) is 7.63. The Labute approximate surface area is 80.2 Å². The second kappa shape index (κ2) is 4.00. The monoisotopic (exact) mass is 201 g/mol. The van der Waals surface area contributed by atoms with Gasteiger partial charge in [-0.1, -0.05) is 0 Å². The Balaban J connectivity index is 3.02. The Kier molecular flexibility index (Phi) is 2.97. The van der Waals surface area contributed by atoms with E-state index >= 15 is 0 Å². The van der Waals surface area contributed by atoms with Crippen LogP contribution in [0.25, 0.3) is 0 Å². The number of carbonyl (C=O) groups excluding carboxylic acids is 1. The summed E-state index contributed by atoms with van der Waals surface area (Å²) in [5.74, 6) is -0.602. The highest BCUT2D eigenvalue weighted by atomic mass is 35.5. The van der Waals surface area contributed by atoms with Gasteiger partial charge in [0.25, 0.3) is 0 Å². The molecule has 1 aromatic carbocycles. The number of rotatable bonds is 2. The average molecular weight is 202 g/mol. The predicted molar refractivity (Wildman–Crippen MR) is 48.9 cm³/mol. The topological polar surface area (TPSA) is 58.6 Å². The summed E-state index contributed by atoms with van der Waals surface area (Å²) in [5, 5.41) is 9.28. The third-order valence-corrected chi connectivity index (χ3v) is 1.72. The van der Waals surface area contributed by atoms with E-state index in [1.165, 1.54) is 25.3 Å². The van der Waals surface area contributed by atoms with Crippen LogP contribution in [0.5, 0.6) is 5.75 Å². The van der Waals surface area contributed by atoms with Crippen LogP contribution >= 0.6 is 11.8 Å². The van der Waals surface area contributed by atoms with Crippen molar-refractivity contribution in [1.82, 2.24) is 0 Å². The van der Waals surface area contributed by atoms with Crippen LogP contribution in [0.15, 0.2) is 18.2 Å². The van der Waals surface area contributed by atoms with Gasteiger partial charge in [0.15, 0.2) is 0 Å². The molecule has 0 aliphatic rings. The zero-order chi connectivity index (χ0) is 9.84. The highest BCUT2D eigenvalue weighted by molar-refractivity contribution is 6.24. The van der Waals surface area contributed by atoms with Gasteiger partial charge in [-0.25, -0.2) is 4.79 Å². The normalized spacial score (nSPS) is 9.38. The number of phenols is 1. The summed E-state index contributed by atoms with van der Waals surface area (Å²) in [4.78, 5) is 13.2. The summed E-state index contributed by atoms with van der Waals surface area (Å²) in [5.41, 5.74) is 0.616. The SMILES string of the molecule is COC(=O)c1ccc(NCl)c(O)c1. The molecule has 0 radical (unpaired) electrons. The van der Waals surface area contributed by atoms with E-state index in [0.717, 1.165) is 0 Å². The average Bonchev–Trinajstić information content (AvgIpc) is 2.16. The highest BCUT2D eigenvalue weighted by Crippen LogP contribution is 2.24. The van der Waals surface area contributed by atoms with Crippen LogP contribution in [0.2, 0.25) is 0 Å². The van der Waals surface area contributed by atoms with E-state index in [9.17, 15) is 9.90 Å². The van der Waals surface area contributed by atoms with Crippen molar-refractivity contribution in [2.24, 2.45) is 0 Å². The summed E-state index contributed by atoms with van der Waals surface area (Å²) in [6.07, 6.45) is 0. The van der Waals surface area contributed by atoms with E-state index < -0.39 is 5.97 Å². The van der Waals surface area contributed by atoms with Gasteiger partial charge in [0, 0.05) is 11.8 Å². The summed E-state index contributed by atoms with van der Waals surface area (Å²) in [6.45, 7) is 0. The molecule has 2 N–H and O–H groups in total. The van der Waals surface area contributed by atoms with E-state index in [-0.39, 0.29) is 11.3 Å². The van der Waals surface area contributed by atoms with Gasteiger partial charge in [-0.2, -0.15) is 0 Å². The fourth-order valence-electron chi connectivity index (χ4n) is 0.856. The first kappa shape index (κ1) is 9.67. The molecule has 0 aliphatic heterocycles. The summed E-state index contributed by atoms with van der Waals surface area (Å²) >= 11 is 5.27. The molecule has 0 atom stereocenters. The van der Waals surface area contributed by atoms with Crippen LogP contribution in [0.4, 0.5) is 5.69 Å². The van der Waals surface area contributed by atoms with E-state index in [0.29, 0.717) is 5.69 Å². The van der Waals surface area contributed by atoms with E-state index in [1.807, 2.05) is 0 Å². The molecule has 5 heteroatoms. The van der Waals surface area contributed by atoms with Gasteiger partial charge in [-0.3, -0.25) is 4.84 Å². The van der Waals surface area contributed by atoms with Crippen LogP contribution in [-0.2, 0) is 4.74 Å². The lowest BCUT2D eigenvalue weighted by molar-refractivity contribution is 0.0600. The number of anilines is 1. The van der Waals surface area contributed by atoms with Gasteiger partial charge in [0.2, 0.25) is 0 Å². The molecule has 70 valence electrons. The summed E-state index contributed by atoms with van der Waals surface area (Å²) in [6, 6.07) is 4.25. The molecule has 0 aliphatic carbocycles. The van der Waals surface area contributed by atoms with Crippen molar-refractivity contribution < 1.29 is 14.6 Å². The van der Waals surface area contributed by atoms with Crippen molar-refractivity contribution in [3.8, 4) is 5.75 Å². The van der Waals surface area contributed by atoms with Gasteiger partial charge in [0.1, 0.15) is 5.75 Å². The molecular formula is C8H8ClNO3. The molecule has 0 amide bonds. The number of esters is 1. The predicted octanol–water partition coefficient (Wildman–Crippen LogP) is 1.74.